The van der Waals surface area contributed by atoms with Crippen LogP contribution in [-0.4, -0.2) is 24.5 Å². The predicted octanol–water partition coefficient (Wildman–Crippen LogP) is 5.08. The fourth-order valence-corrected chi connectivity index (χ4v) is 8.94. The molecule has 0 saturated heterocycles. The second kappa shape index (κ2) is 6.35. The number of carboxylic acids is 1. The van der Waals surface area contributed by atoms with Gasteiger partial charge in [-0.25, -0.2) is 4.79 Å². The first-order valence-corrected chi connectivity index (χ1v) is 10.2. The van der Waals surface area contributed by atoms with E-state index in [2.05, 4.69) is 46.7 Å². The first kappa shape index (κ1) is 17.5. The molecule has 0 radical (unpaired) electrons. The van der Waals surface area contributed by atoms with E-state index < -0.39 is 14.3 Å². The van der Waals surface area contributed by atoms with Gasteiger partial charge in [-0.2, -0.15) is 0 Å². The van der Waals surface area contributed by atoms with Gasteiger partial charge in [-0.15, -0.1) is 0 Å². The molecule has 0 unspecified atom stereocenters. The second-order valence-electron chi connectivity index (χ2n) is 6.91. The second-order valence-corrected chi connectivity index (χ2v) is 12.3. The summed E-state index contributed by atoms with van der Waals surface area (Å²) in [5, 5.41) is 13.2. The molecule has 0 fully saturated rings. The largest absolute Gasteiger partial charge is 0.543 e. The SMILES string of the molecule is CC(C)[Si](Oc1ccc2c(C(=O)O)noc2c1)(C(C)C)C(C)C. The zero-order valence-electron chi connectivity index (χ0n) is 14.6. The van der Waals surface area contributed by atoms with Crippen molar-refractivity contribution in [2.45, 2.75) is 58.2 Å². The predicted molar refractivity (Wildman–Crippen MR) is 92.6 cm³/mol. The molecule has 1 heterocycles. The van der Waals surface area contributed by atoms with E-state index in [-0.39, 0.29) is 5.69 Å². The number of benzene rings is 1. The van der Waals surface area contributed by atoms with E-state index >= 15 is 0 Å². The van der Waals surface area contributed by atoms with Crippen molar-refractivity contribution in [2.24, 2.45) is 0 Å². The van der Waals surface area contributed by atoms with Crippen molar-refractivity contribution in [3.8, 4) is 5.75 Å². The summed E-state index contributed by atoms with van der Waals surface area (Å²) >= 11 is 0. The molecule has 0 amide bonds. The van der Waals surface area contributed by atoms with Gasteiger partial charge < -0.3 is 14.1 Å². The molecule has 2 aromatic rings. The number of carboxylic acid groups (broad SMARTS) is 1. The van der Waals surface area contributed by atoms with Crippen molar-refractivity contribution in [3.63, 3.8) is 0 Å². The third-order valence-corrected chi connectivity index (χ3v) is 10.7. The first-order valence-electron chi connectivity index (χ1n) is 8.01. The Morgan fingerprint density at radius 1 is 1.13 bits per heavy atom. The molecule has 1 aromatic carbocycles. The van der Waals surface area contributed by atoms with Gasteiger partial charge in [0.15, 0.2) is 11.3 Å². The van der Waals surface area contributed by atoms with Crippen LogP contribution in [0.25, 0.3) is 11.0 Å². The third kappa shape index (κ3) is 3.00. The van der Waals surface area contributed by atoms with Gasteiger partial charge in [0, 0.05) is 6.07 Å². The van der Waals surface area contributed by atoms with Gasteiger partial charge in [0.1, 0.15) is 5.75 Å². The summed E-state index contributed by atoms with van der Waals surface area (Å²) < 4.78 is 11.7. The number of rotatable bonds is 6. The highest BCUT2D eigenvalue weighted by molar-refractivity contribution is 6.78. The molecule has 0 aliphatic carbocycles. The van der Waals surface area contributed by atoms with Crippen molar-refractivity contribution >= 4 is 25.3 Å². The summed E-state index contributed by atoms with van der Waals surface area (Å²) in [6, 6.07) is 5.29. The van der Waals surface area contributed by atoms with Gasteiger partial charge in [-0.05, 0) is 28.8 Å². The van der Waals surface area contributed by atoms with Gasteiger partial charge in [0.25, 0.3) is 8.32 Å². The number of fused-ring (bicyclic) bond motifs is 1. The van der Waals surface area contributed by atoms with E-state index in [0.717, 1.165) is 5.75 Å². The molecule has 23 heavy (non-hydrogen) atoms. The summed E-state index contributed by atoms with van der Waals surface area (Å²) in [4.78, 5) is 11.1. The summed E-state index contributed by atoms with van der Waals surface area (Å²) in [6.45, 7) is 13.3. The maximum atomic E-state index is 11.1. The van der Waals surface area contributed by atoms with Crippen LogP contribution in [0.2, 0.25) is 16.6 Å². The van der Waals surface area contributed by atoms with Gasteiger partial charge in [0.05, 0.1) is 5.39 Å². The minimum absolute atomic E-state index is 0.0633. The van der Waals surface area contributed by atoms with Crippen LogP contribution in [-0.2, 0) is 0 Å². The van der Waals surface area contributed by atoms with Crippen LogP contribution >= 0.6 is 0 Å². The molecule has 5 nitrogen and oxygen atoms in total. The van der Waals surface area contributed by atoms with E-state index in [1.165, 1.54) is 0 Å². The van der Waals surface area contributed by atoms with Crippen molar-refractivity contribution in [1.82, 2.24) is 5.16 Å². The molecule has 0 spiro atoms. The van der Waals surface area contributed by atoms with Crippen molar-refractivity contribution in [2.75, 3.05) is 0 Å². The lowest BCUT2D eigenvalue weighted by Crippen LogP contribution is -2.50. The third-order valence-electron chi connectivity index (χ3n) is 4.65. The van der Waals surface area contributed by atoms with Crippen molar-refractivity contribution in [3.05, 3.63) is 23.9 Å². The summed E-state index contributed by atoms with van der Waals surface area (Å²) in [7, 11) is -2.05. The van der Waals surface area contributed by atoms with E-state index in [9.17, 15) is 4.79 Å². The van der Waals surface area contributed by atoms with Crippen LogP contribution in [0.3, 0.4) is 0 Å². The number of aromatic carboxylic acids is 1. The monoisotopic (exact) mass is 335 g/mol. The van der Waals surface area contributed by atoms with Gasteiger partial charge in [-0.1, -0.05) is 46.7 Å². The Bertz CT molecular complexity index is 684. The Kier molecular flexibility index (Phi) is 4.84. The minimum atomic E-state index is -2.05. The molecule has 0 atom stereocenters. The van der Waals surface area contributed by atoms with Crippen LogP contribution < -0.4 is 4.43 Å². The van der Waals surface area contributed by atoms with Gasteiger partial charge >= 0.3 is 5.97 Å². The Morgan fingerprint density at radius 3 is 2.17 bits per heavy atom. The molecule has 1 N–H and O–H groups in total. The fourth-order valence-electron chi connectivity index (χ4n) is 3.69. The molecule has 2 rings (SSSR count). The first-order chi connectivity index (χ1) is 10.7. The number of carbonyl (C=O) groups is 1. The molecule has 6 heteroatoms. The van der Waals surface area contributed by atoms with Crippen LogP contribution in [0, 0.1) is 0 Å². The smallest absolute Gasteiger partial charge is 0.358 e. The highest BCUT2D eigenvalue weighted by Gasteiger charge is 2.47. The van der Waals surface area contributed by atoms with Crippen LogP contribution in [0.15, 0.2) is 22.7 Å². The molecule has 0 aliphatic rings. The zero-order chi connectivity index (χ0) is 17.4. The summed E-state index contributed by atoms with van der Waals surface area (Å²) in [6.07, 6.45) is 0. The molecule has 0 aliphatic heterocycles. The average molecular weight is 335 g/mol. The number of nitrogens with zero attached hydrogens (tertiary/aromatic N) is 1. The Balaban J connectivity index is 2.45. The molecule has 0 bridgehead atoms. The zero-order valence-corrected chi connectivity index (χ0v) is 15.6. The Hall–Kier alpha value is -1.82. The molecular formula is C17H25NO4Si. The highest BCUT2D eigenvalue weighted by Crippen LogP contribution is 2.43. The fraction of sp³-hybridized carbons (Fsp3) is 0.529. The Morgan fingerprint density at radius 2 is 1.70 bits per heavy atom. The standard InChI is InChI=1S/C17H25NO4Si/c1-10(2)23(11(3)4,12(5)6)22-13-7-8-14-15(9-13)21-18-16(14)17(19)20/h7-12H,1-6H3,(H,19,20). The van der Waals surface area contributed by atoms with Gasteiger partial charge in [0.2, 0.25) is 0 Å². The minimum Gasteiger partial charge on any atom is -0.543 e. The quantitative estimate of drug-likeness (QED) is 0.745. The maximum Gasteiger partial charge on any atom is 0.358 e. The number of hydrogen-bond donors (Lipinski definition) is 1. The van der Waals surface area contributed by atoms with Crippen molar-refractivity contribution < 1.29 is 18.9 Å². The van der Waals surface area contributed by atoms with Gasteiger partial charge in [-0.3, -0.25) is 0 Å². The Labute approximate surface area is 137 Å². The topological polar surface area (TPSA) is 72.6 Å². The molecule has 0 saturated carbocycles. The lowest BCUT2D eigenvalue weighted by Gasteiger charge is -2.42. The van der Waals surface area contributed by atoms with Crippen LogP contribution in [0.1, 0.15) is 52.0 Å². The van der Waals surface area contributed by atoms with E-state index in [1.807, 2.05) is 6.07 Å². The highest BCUT2D eigenvalue weighted by atomic mass is 28.4. The van der Waals surface area contributed by atoms with Crippen molar-refractivity contribution in [1.29, 1.82) is 0 Å². The van der Waals surface area contributed by atoms with Crippen LogP contribution in [0.4, 0.5) is 0 Å². The number of hydrogen-bond acceptors (Lipinski definition) is 4. The maximum absolute atomic E-state index is 11.1. The van der Waals surface area contributed by atoms with E-state index in [4.69, 9.17) is 14.1 Å². The molecule has 1 aromatic heterocycles. The lowest BCUT2D eigenvalue weighted by atomic mass is 10.2. The van der Waals surface area contributed by atoms with E-state index in [1.54, 1.807) is 12.1 Å². The molecular weight excluding hydrogens is 310 g/mol. The number of aromatic nitrogens is 1. The lowest BCUT2D eigenvalue weighted by molar-refractivity contribution is 0.0688. The molecule has 126 valence electrons. The van der Waals surface area contributed by atoms with Crippen LogP contribution in [0.5, 0.6) is 5.75 Å². The normalized spacial score (nSPS) is 12.6. The summed E-state index contributed by atoms with van der Waals surface area (Å²) in [5.74, 6) is -0.360. The van der Waals surface area contributed by atoms with E-state index in [0.29, 0.717) is 27.6 Å². The average Bonchev–Trinajstić information content (AvgIpc) is 2.86. The summed E-state index contributed by atoms with van der Waals surface area (Å²) in [5.41, 5.74) is 1.76.